The number of carbonyl (C=O) groups is 1. The van der Waals surface area contributed by atoms with Crippen molar-refractivity contribution in [3.63, 3.8) is 0 Å². The Morgan fingerprint density at radius 3 is 2.41 bits per heavy atom. The molecule has 0 bridgehead atoms. The van der Waals surface area contributed by atoms with Crippen molar-refractivity contribution in [3.05, 3.63) is 117 Å². The number of ether oxygens (including phenoxy) is 3. The lowest BCUT2D eigenvalue weighted by Gasteiger charge is -2.21. The van der Waals surface area contributed by atoms with Gasteiger partial charge in [-0.25, -0.2) is 4.79 Å². The van der Waals surface area contributed by atoms with E-state index in [4.69, 9.17) is 37.4 Å². The lowest BCUT2D eigenvalue weighted by molar-refractivity contribution is 0.193. The molecule has 0 spiro atoms. The molecule has 3 aromatic carbocycles. The van der Waals surface area contributed by atoms with Crippen molar-refractivity contribution < 1.29 is 24.1 Å². The average Bonchev–Trinajstić information content (AvgIpc) is 2.99. The standard InChI is InChI=1S/C35H36Cl2N2O5/c1-23-18-31(36)34(32(37)19-23)44-17-16-43-29-11-8-25(9-12-29)21-28(22-39-35(40)41)30-13-10-27(20-24(30)2)33-26(6-4-14-38-33)7-5-15-42-3/h4-14,18-20,28,39H,15-17,21-22H2,1-3H3,(H,40,41)/b7-5-. The zero-order valence-electron chi connectivity index (χ0n) is 25.0. The SMILES string of the molecule is COC/C=C\c1cccnc1-c1ccc(C(CNC(=O)O)Cc2ccc(OCCOc3c(Cl)cc(C)cc3Cl)cc2)c(C)c1. The van der Waals surface area contributed by atoms with Crippen LogP contribution >= 0.6 is 23.2 Å². The first-order valence-corrected chi connectivity index (χ1v) is 15.0. The van der Waals surface area contributed by atoms with E-state index in [9.17, 15) is 9.90 Å². The topological polar surface area (TPSA) is 89.9 Å². The summed E-state index contributed by atoms with van der Waals surface area (Å²) in [5, 5.41) is 12.8. The van der Waals surface area contributed by atoms with Gasteiger partial charge >= 0.3 is 6.09 Å². The van der Waals surface area contributed by atoms with E-state index in [2.05, 4.69) is 22.4 Å². The molecule has 1 heterocycles. The van der Waals surface area contributed by atoms with E-state index in [0.717, 1.165) is 39.1 Å². The molecule has 1 unspecified atom stereocenters. The number of aryl methyl sites for hydroxylation is 2. The van der Waals surface area contributed by atoms with Crippen LogP contribution in [0.25, 0.3) is 17.3 Å². The van der Waals surface area contributed by atoms with Crippen LogP contribution in [-0.4, -0.2) is 49.7 Å². The second kappa shape index (κ2) is 16.1. The molecule has 9 heteroatoms. The molecular weight excluding hydrogens is 599 g/mol. The van der Waals surface area contributed by atoms with Crippen LogP contribution in [0, 0.1) is 13.8 Å². The maximum absolute atomic E-state index is 11.4. The van der Waals surface area contributed by atoms with Gasteiger partial charge in [0.15, 0.2) is 5.75 Å². The number of amides is 1. The third-order valence-corrected chi connectivity index (χ3v) is 7.59. The molecule has 7 nitrogen and oxygen atoms in total. The normalized spacial score (nSPS) is 11.8. The molecule has 1 aromatic heterocycles. The quantitative estimate of drug-likeness (QED) is 0.135. The van der Waals surface area contributed by atoms with Gasteiger partial charge in [0.1, 0.15) is 19.0 Å². The maximum atomic E-state index is 11.4. The van der Waals surface area contributed by atoms with Crippen molar-refractivity contribution >= 4 is 35.4 Å². The predicted molar refractivity (Wildman–Crippen MR) is 176 cm³/mol. The Kier molecular flexibility index (Phi) is 12.1. The van der Waals surface area contributed by atoms with E-state index in [0.29, 0.717) is 41.2 Å². The van der Waals surface area contributed by atoms with Crippen molar-refractivity contribution in [2.75, 3.05) is 33.5 Å². The van der Waals surface area contributed by atoms with Gasteiger partial charge in [-0.1, -0.05) is 65.7 Å². The second-order valence-corrected chi connectivity index (χ2v) is 11.2. The molecule has 0 aliphatic rings. The number of nitrogens with zero attached hydrogens (tertiary/aromatic N) is 1. The summed E-state index contributed by atoms with van der Waals surface area (Å²) >= 11 is 12.5. The number of hydrogen-bond acceptors (Lipinski definition) is 5. The molecule has 0 radical (unpaired) electrons. The number of benzene rings is 3. The molecule has 230 valence electrons. The Bertz CT molecular complexity index is 1570. The highest BCUT2D eigenvalue weighted by Crippen LogP contribution is 2.34. The maximum Gasteiger partial charge on any atom is 0.404 e. The van der Waals surface area contributed by atoms with E-state index in [1.54, 1.807) is 25.4 Å². The van der Waals surface area contributed by atoms with E-state index < -0.39 is 6.09 Å². The summed E-state index contributed by atoms with van der Waals surface area (Å²) in [6, 6.07) is 21.5. The van der Waals surface area contributed by atoms with Gasteiger partial charge in [-0.2, -0.15) is 0 Å². The van der Waals surface area contributed by atoms with Gasteiger partial charge in [0, 0.05) is 36.9 Å². The van der Waals surface area contributed by atoms with Gasteiger partial charge < -0.3 is 24.6 Å². The molecule has 1 amide bonds. The van der Waals surface area contributed by atoms with Gasteiger partial charge in [0.25, 0.3) is 0 Å². The van der Waals surface area contributed by atoms with Gasteiger partial charge in [0.05, 0.1) is 22.3 Å². The predicted octanol–water partition coefficient (Wildman–Crippen LogP) is 8.38. The number of hydrogen-bond donors (Lipinski definition) is 2. The Morgan fingerprint density at radius 1 is 1.00 bits per heavy atom. The van der Waals surface area contributed by atoms with Gasteiger partial charge in [0.2, 0.25) is 0 Å². The van der Waals surface area contributed by atoms with Crippen molar-refractivity contribution in [1.82, 2.24) is 10.3 Å². The number of nitrogens with one attached hydrogen (secondary N) is 1. The summed E-state index contributed by atoms with van der Waals surface area (Å²) in [5.41, 5.74) is 7.01. The zero-order chi connectivity index (χ0) is 31.5. The average molecular weight is 636 g/mol. The third kappa shape index (κ3) is 9.23. The van der Waals surface area contributed by atoms with Crippen LogP contribution in [0.4, 0.5) is 4.79 Å². The van der Waals surface area contributed by atoms with Crippen molar-refractivity contribution in [3.8, 4) is 22.8 Å². The lowest BCUT2D eigenvalue weighted by Crippen LogP contribution is -2.28. The highest BCUT2D eigenvalue weighted by Gasteiger charge is 2.18. The van der Waals surface area contributed by atoms with E-state index in [1.165, 1.54) is 0 Å². The Labute approximate surface area is 268 Å². The summed E-state index contributed by atoms with van der Waals surface area (Å²) in [6.07, 6.45) is 5.33. The van der Waals surface area contributed by atoms with Gasteiger partial charge in [-0.15, -0.1) is 0 Å². The largest absolute Gasteiger partial charge is 0.490 e. The van der Waals surface area contributed by atoms with Crippen LogP contribution < -0.4 is 14.8 Å². The minimum atomic E-state index is -1.05. The zero-order valence-corrected chi connectivity index (χ0v) is 26.5. The lowest BCUT2D eigenvalue weighted by atomic mass is 9.87. The Morgan fingerprint density at radius 2 is 1.73 bits per heavy atom. The molecule has 0 aliphatic heterocycles. The van der Waals surface area contributed by atoms with Crippen LogP contribution in [0.2, 0.25) is 10.0 Å². The summed E-state index contributed by atoms with van der Waals surface area (Å²) in [6.45, 7) is 5.36. The van der Waals surface area contributed by atoms with Gasteiger partial charge in [-0.3, -0.25) is 4.98 Å². The molecule has 4 aromatic rings. The monoisotopic (exact) mass is 634 g/mol. The first-order chi connectivity index (χ1) is 21.2. The Balaban J connectivity index is 1.43. The molecular formula is C35H36Cl2N2O5. The molecule has 0 saturated carbocycles. The number of rotatable bonds is 14. The van der Waals surface area contributed by atoms with E-state index >= 15 is 0 Å². The first kappa shape index (κ1) is 32.9. The summed E-state index contributed by atoms with van der Waals surface area (Å²) in [4.78, 5) is 16.0. The molecule has 0 fully saturated rings. The number of halogens is 2. The molecule has 4 rings (SSSR count). The van der Waals surface area contributed by atoms with Crippen molar-refractivity contribution in [2.24, 2.45) is 0 Å². The van der Waals surface area contributed by atoms with Crippen molar-refractivity contribution in [2.45, 2.75) is 26.2 Å². The second-order valence-electron chi connectivity index (χ2n) is 10.4. The minimum absolute atomic E-state index is 0.0749. The first-order valence-electron chi connectivity index (χ1n) is 14.2. The fraction of sp³-hybridized carbons (Fsp3) is 0.257. The van der Waals surface area contributed by atoms with Crippen LogP contribution in [0.1, 0.15) is 33.7 Å². The van der Waals surface area contributed by atoms with Crippen molar-refractivity contribution in [1.29, 1.82) is 0 Å². The van der Waals surface area contributed by atoms with E-state index in [1.807, 2.05) is 68.5 Å². The van der Waals surface area contributed by atoms with Crippen LogP contribution in [0.15, 0.2) is 79.0 Å². The molecule has 2 N–H and O–H groups in total. The summed E-state index contributed by atoms with van der Waals surface area (Å²) in [5.74, 6) is 1.07. The van der Waals surface area contributed by atoms with Gasteiger partial charge in [-0.05, 0) is 78.9 Å². The molecule has 0 aliphatic carbocycles. The van der Waals surface area contributed by atoms with Crippen LogP contribution in [0.5, 0.6) is 11.5 Å². The highest BCUT2D eigenvalue weighted by molar-refractivity contribution is 6.37. The fourth-order valence-corrected chi connectivity index (χ4v) is 5.69. The Hall–Kier alpha value is -4.04. The summed E-state index contributed by atoms with van der Waals surface area (Å²) in [7, 11) is 1.66. The molecule has 1 atom stereocenters. The smallest absolute Gasteiger partial charge is 0.404 e. The summed E-state index contributed by atoms with van der Waals surface area (Å²) < 4.78 is 16.7. The number of methoxy groups -OCH3 is 1. The fourth-order valence-electron chi connectivity index (χ4n) is 4.98. The minimum Gasteiger partial charge on any atom is -0.490 e. The third-order valence-electron chi connectivity index (χ3n) is 7.03. The number of pyridine rings is 1. The highest BCUT2D eigenvalue weighted by atomic mass is 35.5. The molecule has 0 saturated heterocycles. The number of aromatic nitrogens is 1. The molecule has 44 heavy (non-hydrogen) atoms. The van der Waals surface area contributed by atoms with Crippen LogP contribution in [-0.2, 0) is 11.2 Å². The van der Waals surface area contributed by atoms with Crippen LogP contribution in [0.3, 0.4) is 0 Å². The number of carboxylic acid groups (broad SMARTS) is 1. The van der Waals surface area contributed by atoms with E-state index in [-0.39, 0.29) is 19.1 Å².